The molecule has 1 aliphatic heterocycles. The smallest absolute Gasteiger partial charge is 0.151 e. The SMILES string of the molecule is N#CC1=Cc2c(n(-c3nc(C4CC=CCC4)nc4c3-c3ccccc3-c3cccc5c6ccccc6n-4c35)c3ccccc23)CC1. The largest absolute Gasteiger partial charge is 0.297 e. The summed E-state index contributed by atoms with van der Waals surface area (Å²) in [4.78, 5) is 11.2. The Hall–Kier alpha value is -5.73. The minimum absolute atomic E-state index is 0.239. The number of benzene rings is 4. The summed E-state index contributed by atoms with van der Waals surface area (Å²) < 4.78 is 4.81. The molecule has 1 atom stereocenters. The van der Waals surface area contributed by atoms with E-state index in [0.717, 1.165) is 88.2 Å². The molecule has 0 saturated carbocycles. The Morgan fingerprint density at radius 1 is 0.674 bits per heavy atom. The molecule has 0 saturated heterocycles. The first kappa shape index (κ1) is 25.6. The number of allylic oxidation sites excluding steroid dienone is 3. The van der Waals surface area contributed by atoms with E-state index in [9.17, 15) is 5.26 Å². The van der Waals surface area contributed by atoms with Crippen LogP contribution in [0.2, 0.25) is 0 Å². The van der Waals surface area contributed by atoms with Gasteiger partial charge in [0, 0.05) is 44.5 Å². The molecule has 0 amide bonds. The number of para-hydroxylation sites is 3. The Morgan fingerprint density at radius 2 is 1.37 bits per heavy atom. The molecule has 3 aliphatic rings. The molecule has 0 fully saturated rings. The Bertz CT molecular complexity index is 2530. The monoisotopic (exact) mass is 591 g/mol. The van der Waals surface area contributed by atoms with Crippen LogP contribution in [0.5, 0.6) is 0 Å². The lowest BCUT2D eigenvalue weighted by molar-refractivity contribution is 0.579. The average molecular weight is 592 g/mol. The topological polar surface area (TPSA) is 59.4 Å². The molecule has 4 heterocycles. The standard InChI is InChI=1S/C41H29N5/c42-24-25-21-22-36-33(23-25)29-15-7-8-19-34(29)45(36)40-37-30-16-5-4-13-27(30)31-17-10-18-32-28-14-6-9-20-35(28)46(38(31)32)41(37)44-39(43-40)26-11-2-1-3-12-26/h1-2,4-10,13-20,23,26H,3,11-12,21-22H2. The van der Waals surface area contributed by atoms with Crippen LogP contribution in [0.3, 0.4) is 0 Å². The Kier molecular flexibility index (Phi) is 5.36. The van der Waals surface area contributed by atoms with Gasteiger partial charge in [0.25, 0.3) is 0 Å². The van der Waals surface area contributed by atoms with Crippen LogP contribution in [0.4, 0.5) is 0 Å². The van der Waals surface area contributed by atoms with Crippen molar-refractivity contribution < 1.29 is 0 Å². The van der Waals surface area contributed by atoms with Crippen molar-refractivity contribution in [2.45, 2.75) is 38.0 Å². The fraction of sp³-hybridized carbons (Fsp3) is 0.146. The Morgan fingerprint density at radius 3 is 2.17 bits per heavy atom. The summed E-state index contributed by atoms with van der Waals surface area (Å²) in [5.74, 6) is 3.00. The number of fused-ring (bicyclic) bond motifs is 11. The van der Waals surface area contributed by atoms with Crippen LogP contribution in [0, 0.1) is 11.3 Å². The van der Waals surface area contributed by atoms with Crippen LogP contribution < -0.4 is 0 Å². The fourth-order valence-corrected chi connectivity index (χ4v) is 8.18. The number of nitrogens with zero attached hydrogens (tertiary/aromatic N) is 5. The van der Waals surface area contributed by atoms with Gasteiger partial charge in [-0.25, -0.2) is 9.97 Å². The molecular weight excluding hydrogens is 562 g/mol. The van der Waals surface area contributed by atoms with E-state index < -0.39 is 0 Å². The molecule has 1 unspecified atom stereocenters. The molecule has 5 nitrogen and oxygen atoms in total. The predicted molar refractivity (Wildman–Crippen MR) is 185 cm³/mol. The van der Waals surface area contributed by atoms with E-state index in [-0.39, 0.29) is 5.92 Å². The van der Waals surface area contributed by atoms with Crippen molar-refractivity contribution >= 4 is 38.8 Å². The third-order valence-electron chi connectivity index (χ3n) is 10.2. The van der Waals surface area contributed by atoms with E-state index in [2.05, 4.69) is 124 Å². The first-order valence-electron chi connectivity index (χ1n) is 16.2. The van der Waals surface area contributed by atoms with Crippen molar-refractivity contribution in [3.63, 3.8) is 0 Å². The Balaban J connectivity index is 1.42. The van der Waals surface area contributed by atoms with Crippen molar-refractivity contribution in [1.82, 2.24) is 19.1 Å². The quantitative estimate of drug-likeness (QED) is 0.188. The molecular formula is C41H29N5. The molecule has 2 aliphatic carbocycles. The molecule has 3 aromatic heterocycles. The summed E-state index contributed by atoms with van der Waals surface area (Å²) in [5, 5.41) is 13.5. The number of nitriles is 1. The zero-order valence-corrected chi connectivity index (χ0v) is 25.2. The molecule has 0 spiro atoms. The van der Waals surface area contributed by atoms with Crippen LogP contribution >= 0.6 is 0 Å². The van der Waals surface area contributed by atoms with Crippen LogP contribution in [-0.2, 0) is 6.42 Å². The maximum Gasteiger partial charge on any atom is 0.151 e. The minimum atomic E-state index is 0.239. The van der Waals surface area contributed by atoms with Gasteiger partial charge in [-0.3, -0.25) is 9.13 Å². The van der Waals surface area contributed by atoms with E-state index in [4.69, 9.17) is 9.97 Å². The number of hydrogen-bond acceptors (Lipinski definition) is 3. The van der Waals surface area contributed by atoms with E-state index in [1.54, 1.807) is 0 Å². The number of hydrogen-bond donors (Lipinski definition) is 0. The summed E-state index contributed by atoms with van der Waals surface area (Å²) in [6, 6.07) is 35.2. The van der Waals surface area contributed by atoms with Crippen molar-refractivity contribution in [2.24, 2.45) is 0 Å². The maximum atomic E-state index is 9.86. The molecule has 46 heavy (non-hydrogen) atoms. The average Bonchev–Trinajstić information content (AvgIpc) is 3.60. The highest BCUT2D eigenvalue weighted by Gasteiger charge is 2.32. The first-order valence-corrected chi connectivity index (χ1v) is 16.2. The predicted octanol–water partition coefficient (Wildman–Crippen LogP) is 9.84. The molecule has 5 heteroatoms. The maximum absolute atomic E-state index is 9.86. The van der Waals surface area contributed by atoms with Gasteiger partial charge in [-0.05, 0) is 61.4 Å². The number of aromatic nitrogens is 4. The van der Waals surface area contributed by atoms with E-state index in [1.165, 1.54) is 33.1 Å². The Labute approximate surface area is 266 Å². The van der Waals surface area contributed by atoms with E-state index in [0.29, 0.717) is 0 Å². The van der Waals surface area contributed by atoms with Gasteiger partial charge in [-0.2, -0.15) is 5.26 Å². The van der Waals surface area contributed by atoms with Crippen LogP contribution in [0.15, 0.2) is 109 Å². The third kappa shape index (κ3) is 3.44. The summed E-state index contributed by atoms with van der Waals surface area (Å²) in [6.07, 6.45) is 11.2. The summed E-state index contributed by atoms with van der Waals surface area (Å²) >= 11 is 0. The highest BCUT2D eigenvalue weighted by molar-refractivity contribution is 6.16. The molecule has 0 bridgehead atoms. The van der Waals surface area contributed by atoms with Gasteiger partial charge in [0.1, 0.15) is 5.82 Å². The van der Waals surface area contributed by atoms with E-state index >= 15 is 0 Å². The van der Waals surface area contributed by atoms with Crippen molar-refractivity contribution in [2.75, 3.05) is 0 Å². The first-order chi connectivity index (χ1) is 22.8. The van der Waals surface area contributed by atoms with Gasteiger partial charge >= 0.3 is 0 Å². The van der Waals surface area contributed by atoms with Gasteiger partial charge in [0.05, 0.1) is 28.2 Å². The second kappa shape index (κ2) is 9.63. The lowest BCUT2D eigenvalue weighted by Crippen LogP contribution is -2.16. The molecule has 0 radical (unpaired) electrons. The van der Waals surface area contributed by atoms with E-state index in [1.807, 2.05) is 0 Å². The second-order valence-electron chi connectivity index (χ2n) is 12.7. The van der Waals surface area contributed by atoms with Crippen LogP contribution in [0.25, 0.3) is 72.7 Å². The van der Waals surface area contributed by atoms with Crippen LogP contribution in [0.1, 0.15) is 48.7 Å². The lowest BCUT2D eigenvalue weighted by Gasteiger charge is -2.23. The summed E-state index contributed by atoms with van der Waals surface area (Å²) in [7, 11) is 0. The van der Waals surface area contributed by atoms with Gasteiger partial charge in [-0.15, -0.1) is 0 Å². The van der Waals surface area contributed by atoms with Crippen LogP contribution in [-0.4, -0.2) is 19.1 Å². The normalized spacial score (nSPS) is 16.5. The fourth-order valence-electron chi connectivity index (χ4n) is 8.18. The highest BCUT2D eigenvalue weighted by Crippen LogP contribution is 2.49. The zero-order chi connectivity index (χ0) is 30.4. The molecule has 10 rings (SSSR count). The van der Waals surface area contributed by atoms with Crippen molar-refractivity contribution in [1.29, 1.82) is 5.26 Å². The molecule has 0 N–H and O–H groups in total. The van der Waals surface area contributed by atoms with Gasteiger partial charge in [0.2, 0.25) is 0 Å². The van der Waals surface area contributed by atoms with Crippen molar-refractivity contribution in [3.05, 3.63) is 126 Å². The molecule has 4 aromatic carbocycles. The lowest BCUT2D eigenvalue weighted by atomic mass is 9.92. The summed E-state index contributed by atoms with van der Waals surface area (Å²) in [6.45, 7) is 0. The van der Waals surface area contributed by atoms with Gasteiger partial charge in [-0.1, -0.05) is 91.0 Å². The zero-order valence-electron chi connectivity index (χ0n) is 25.2. The summed E-state index contributed by atoms with van der Waals surface area (Å²) in [5.41, 5.74) is 11.2. The second-order valence-corrected chi connectivity index (χ2v) is 12.7. The van der Waals surface area contributed by atoms with Gasteiger partial charge < -0.3 is 0 Å². The highest BCUT2D eigenvalue weighted by atomic mass is 15.2. The third-order valence-corrected chi connectivity index (χ3v) is 10.2. The molecule has 218 valence electrons. The number of rotatable bonds is 2. The van der Waals surface area contributed by atoms with Gasteiger partial charge in [0.15, 0.2) is 11.6 Å². The minimum Gasteiger partial charge on any atom is -0.297 e. The molecule has 7 aromatic rings. The van der Waals surface area contributed by atoms with Crippen molar-refractivity contribution in [3.8, 4) is 40.0 Å².